The maximum atomic E-state index is 15.1. The van der Waals surface area contributed by atoms with Gasteiger partial charge in [-0.2, -0.15) is 0 Å². The van der Waals surface area contributed by atoms with Gasteiger partial charge in [0.2, 0.25) is 0 Å². The number of carbonyl (C=O) groups is 1. The first kappa shape index (κ1) is 25.8. The summed E-state index contributed by atoms with van der Waals surface area (Å²) in [7, 11) is 3.61. The summed E-state index contributed by atoms with van der Waals surface area (Å²) in [6, 6.07) is 11.6. The number of aryl methyl sites for hydroxylation is 1. The molecule has 2 heterocycles. The van der Waals surface area contributed by atoms with Crippen molar-refractivity contribution in [1.29, 1.82) is 0 Å². The van der Waals surface area contributed by atoms with Gasteiger partial charge in [0.05, 0.1) is 13.3 Å². The standard InChI is InChI=1S/C30H30F2N4O2/c1-20-4-6-23(15-22(20)7-5-21-14-25(38-3)19-33-18-21)29(37)34-24-8-9-26-27(16-24)30(31,32)17-28(26)36-12-10-35(2)11-13-36/h4,6,8-9,14-16,18-19,28H,10-13,17H2,1-3H3,(H,34,37). The number of methoxy groups -OCH3 is 1. The van der Waals surface area contributed by atoms with Gasteiger partial charge in [-0.1, -0.05) is 24.0 Å². The normalized spacial score (nSPS) is 18.8. The van der Waals surface area contributed by atoms with E-state index in [1.807, 2.05) is 20.0 Å². The number of hydrogen-bond donors (Lipinski definition) is 1. The number of aromatic nitrogens is 1. The van der Waals surface area contributed by atoms with Crippen molar-refractivity contribution in [1.82, 2.24) is 14.8 Å². The number of piperazine rings is 1. The number of carbonyl (C=O) groups excluding carboxylic acids is 1. The molecule has 3 aromatic rings. The highest BCUT2D eigenvalue weighted by Gasteiger charge is 2.47. The van der Waals surface area contributed by atoms with E-state index in [4.69, 9.17) is 4.74 Å². The topological polar surface area (TPSA) is 57.7 Å². The third kappa shape index (κ3) is 5.40. The first-order chi connectivity index (χ1) is 18.2. The molecule has 6 nitrogen and oxygen atoms in total. The minimum Gasteiger partial charge on any atom is -0.495 e. The van der Waals surface area contributed by atoms with Crippen LogP contribution < -0.4 is 10.1 Å². The van der Waals surface area contributed by atoms with E-state index >= 15 is 8.78 Å². The number of pyridine rings is 1. The summed E-state index contributed by atoms with van der Waals surface area (Å²) in [6.45, 7) is 5.18. The zero-order valence-corrected chi connectivity index (χ0v) is 21.7. The molecule has 1 atom stereocenters. The van der Waals surface area contributed by atoms with Gasteiger partial charge >= 0.3 is 0 Å². The van der Waals surface area contributed by atoms with E-state index < -0.39 is 5.92 Å². The van der Waals surface area contributed by atoms with Crippen LogP contribution in [0.25, 0.3) is 0 Å². The lowest BCUT2D eigenvalue weighted by Crippen LogP contribution is -2.45. The summed E-state index contributed by atoms with van der Waals surface area (Å²) in [6.07, 6.45) is 3.01. The molecule has 196 valence electrons. The van der Waals surface area contributed by atoms with Crippen LogP contribution in [0.2, 0.25) is 0 Å². The number of likely N-dealkylation sites (N-methyl/N-ethyl adjacent to an activating group) is 1. The van der Waals surface area contributed by atoms with E-state index in [1.165, 1.54) is 6.07 Å². The van der Waals surface area contributed by atoms with Gasteiger partial charge in [-0.3, -0.25) is 14.7 Å². The van der Waals surface area contributed by atoms with Crippen LogP contribution in [0.5, 0.6) is 5.75 Å². The highest BCUT2D eigenvalue weighted by atomic mass is 19.3. The molecule has 1 unspecified atom stereocenters. The molecule has 1 aromatic heterocycles. The smallest absolute Gasteiger partial charge is 0.275 e. The van der Waals surface area contributed by atoms with Gasteiger partial charge in [0.25, 0.3) is 11.8 Å². The molecule has 2 aromatic carbocycles. The molecule has 8 heteroatoms. The first-order valence-corrected chi connectivity index (χ1v) is 12.6. The second kappa shape index (κ2) is 10.5. The third-order valence-electron chi connectivity index (χ3n) is 7.28. The number of fused-ring (bicyclic) bond motifs is 1. The number of nitrogens with zero attached hydrogens (tertiary/aromatic N) is 3. The van der Waals surface area contributed by atoms with Crippen LogP contribution in [0.1, 0.15) is 50.6 Å². The molecule has 0 radical (unpaired) electrons. The van der Waals surface area contributed by atoms with E-state index in [1.54, 1.807) is 49.8 Å². The van der Waals surface area contributed by atoms with E-state index in [2.05, 4.69) is 31.9 Å². The van der Waals surface area contributed by atoms with Gasteiger partial charge in [0.1, 0.15) is 5.75 Å². The average molecular weight is 517 g/mol. The maximum absolute atomic E-state index is 15.1. The van der Waals surface area contributed by atoms with Crippen LogP contribution in [0, 0.1) is 18.8 Å². The first-order valence-electron chi connectivity index (χ1n) is 12.6. The largest absolute Gasteiger partial charge is 0.495 e. The molecule has 0 saturated carbocycles. The van der Waals surface area contributed by atoms with Crippen molar-refractivity contribution in [3.8, 4) is 17.6 Å². The SMILES string of the molecule is COc1cncc(C#Cc2cc(C(=O)Nc3ccc4c(c3)C(F)(F)CC4N3CCN(C)CC3)ccc2C)c1. The van der Waals surface area contributed by atoms with Crippen molar-refractivity contribution >= 4 is 11.6 Å². The number of nitrogens with one attached hydrogen (secondary N) is 1. The minimum absolute atomic E-state index is 0.00147. The Hall–Kier alpha value is -3.80. The van der Waals surface area contributed by atoms with Crippen molar-refractivity contribution in [3.63, 3.8) is 0 Å². The van der Waals surface area contributed by atoms with Crippen LogP contribution in [-0.4, -0.2) is 61.0 Å². The molecule has 2 aliphatic rings. The number of amides is 1. The van der Waals surface area contributed by atoms with Crippen LogP contribution >= 0.6 is 0 Å². The fraction of sp³-hybridized carbons (Fsp3) is 0.333. The predicted molar refractivity (Wildman–Crippen MR) is 143 cm³/mol. The van der Waals surface area contributed by atoms with Gasteiger partial charge in [-0.25, -0.2) is 8.78 Å². The minimum atomic E-state index is -2.94. The van der Waals surface area contributed by atoms with Crippen molar-refractivity contribution in [2.45, 2.75) is 25.3 Å². The zero-order chi connectivity index (χ0) is 26.9. The molecule has 1 saturated heterocycles. The van der Waals surface area contributed by atoms with E-state index in [-0.39, 0.29) is 23.9 Å². The molecule has 38 heavy (non-hydrogen) atoms. The zero-order valence-electron chi connectivity index (χ0n) is 21.7. The Morgan fingerprint density at radius 3 is 2.63 bits per heavy atom. The highest BCUT2D eigenvalue weighted by molar-refractivity contribution is 6.04. The highest BCUT2D eigenvalue weighted by Crippen LogP contribution is 2.50. The van der Waals surface area contributed by atoms with E-state index in [9.17, 15) is 4.79 Å². The number of anilines is 1. The Kier molecular flexibility index (Phi) is 7.15. The Morgan fingerprint density at radius 1 is 1.08 bits per heavy atom. The molecule has 5 rings (SSSR count). The lowest BCUT2D eigenvalue weighted by molar-refractivity contribution is -0.0257. The second-order valence-corrected chi connectivity index (χ2v) is 9.91. The second-order valence-electron chi connectivity index (χ2n) is 9.91. The summed E-state index contributed by atoms with van der Waals surface area (Å²) in [5.74, 6) is 3.43. The summed E-state index contributed by atoms with van der Waals surface area (Å²) in [4.78, 5) is 21.5. The number of rotatable bonds is 4. The Morgan fingerprint density at radius 2 is 1.87 bits per heavy atom. The number of hydrogen-bond acceptors (Lipinski definition) is 5. The van der Waals surface area contributed by atoms with E-state index in [0.29, 0.717) is 33.7 Å². The Bertz CT molecular complexity index is 1420. The lowest BCUT2D eigenvalue weighted by Gasteiger charge is -2.36. The summed E-state index contributed by atoms with van der Waals surface area (Å²) < 4.78 is 35.3. The average Bonchev–Trinajstić information content (AvgIpc) is 3.18. The van der Waals surface area contributed by atoms with Crippen LogP contribution in [0.4, 0.5) is 14.5 Å². The fourth-order valence-corrected chi connectivity index (χ4v) is 5.00. The van der Waals surface area contributed by atoms with Crippen molar-refractivity contribution in [2.75, 3.05) is 45.7 Å². The Labute approximate surface area is 221 Å². The molecular formula is C30H30F2N4O2. The molecule has 1 fully saturated rings. The molecular weight excluding hydrogens is 486 g/mol. The quantitative estimate of drug-likeness (QED) is 0.504. The maximum Gasteiger partial charge on any atom is 0.275 e. The van der Waals surface area contributed by atoms with Crippen LogP contribution in [0.3, 0.4) is 0 Å². The van der Waals surface area contributed by atoms with Gasteiger partial charge in [0, 0.05) is 72.8 Å². The lowest BCUT2D eigenvalue weighted by atomic mass is 10.0. The molecule has 1 aliphatic carbocycles. The van der Waals surface area contributed by atoms with Crippen LogP contribution in [-0.2, 0) is 5.92 Å². The van der Waals surface area contributed by atoms with Crippen molar-refractivity contribution < 1.29 is 18.3 Å². The van der Waals surface area contributed by atoms with Gasteiger partial charge in [-0.05, 0) is 55.4 Å². The fourth-order valence-electron chi connectivity index (χ4n) is 5.00. The van der Waals surface area contributed by atoms with Gasteiger partial charge in [0.15, 0.2) is 0 Å². The number of benzene rings is 2. The predicted octanol–water partition coefficient (Wildman–Crippen LogP) is 4.83. The molecule has 0 bridgehead atoms. The van der Waals surface area contributed by atoms with Crippen LogP contribution in [0.15, 0.2) is 54.9 Å². The van der Waals surface area contributed by atoms with Gasteiger partial charge < -0.3 is 15.0 Å². The number of halogens is 2. The summed E-state index contributed by atoms with van der Waals surface area (Å²) in [5, 5.41) is 2.79. The number of alkyl halides is 2. The van der Waals surface area contributed by atoms with Gasteiger partial charge in [-0.15, -0.1) is 0 Å². The molecule has 1 amide bonds. The molecule has 1 aliphatic heterocycles. The van der Waals surface area contributed by atoms with Crippen molar-refractivity contribution in [3.05, 3.63) is 88.2 Å². The van der Waals surface area contributed by atoms with Crippen molar-refractivity contribution in [2.24, 2.45) is 0 Å². The summed E-state index contributed by atoms with van der Waals surface area (Å²) in [5.41, 5.74) is 3.69. The Balaban J connectivity index is 1.34. The van der Waals surface area contributed by atoms with E-state index in [0.717, 1.165) is 31.7 Å². The molecule has 1 N–H and O–H groups in total. The molecule has 0 spiro atoms. The monoisotopic (exact) mass is 516 g/mol. The summed E-state index contributed by atoms with van der Waals surface area (Å²) >= 11 is 0. The number of ether oxygens (including phenoxy) is 1. The third-order valence-corrected chi connectivity index (χ3v) is 7.28.